The van der Waals surface area contributed by atoms with E-state index < -0.39 is 0 Å². The first kappa shape index (κ1) is 10.7. The molecule has 1 aliphatic heterocycles. The molecule has 0 aromatic heterocycles. The molecule has 1 aromatic rings. The van der Waals surface area contributed by atoms with Gasteiger partial charge < -0.3 is 9.84 Å². The quantitative estimate of drug-likeness (QED) is 0.765. The minimum absolute atomic E-state index is 0.0762. The van der Waals surface area contributed by atoms with Gasteiger partial charge in [-0.1, -0.05) is 29.3 Å². The number of rotatable bonds is 1. The van der Waals surface area contributed by atoms with E-state index in [1.54, 1.807) is 0 Å². The smallest absolute Gasteiger partial charge is 0.0849 e. The third kappa shape index (κ3) is 2.58. The molecule has 1 heterocycles. The lowest BCUT2D eigenvalue weighted by molar-refractivity contribution is -0.0448. The molecule has 82 valence electrons. The average Bonchev–Trinajstić information content (AvgIpc) is 2.16. The van der Waals surface area contributed by atoms with E-state index in [0.29, 0.717) is 6.61 Å². The van der Waals surface area contributed by atoms with Crippen LogP contribution < -0.4 is 0 Å². The monoisotopic (exact) mass is 206 g/mol. The maximum Gasteiger partial charge on any atom is 0.0849 e. The summed E-state index contributed by atoms with van der Waals surface area (Å²) in [6.45, 7) is 4.85. The molecule has 2 rings (SSSR count). The van der Waals surface area contributed by atoms with Crippen molar-refractivity contribution in [3.05, 3.63) is 34.9 Å². The van der Waals surface area contributed by atoms with Crippen molar-refractivity contribution in [3.8, 4) is 0 Å². The van der Waals surface area contributed by atoms with Gasteiger partial charge in [-0.2, -0.15) is 0 Å². The Kier molecular flexibility index (Phi) is 3.08. The van der Waals surface area contributed by atoms with Crippen LogP contribution in [0.5, 0.6) is 0 Å². The molecule has 0 amide bonds. The molecule has 0 spiro atoms. The van der Waals surface area contributed by atoms with Crippen LogP contribution in [0.4, 0.5) is 0 Å². The Morgan fingerprint density at radius 3 is 2.47 bits per heavy atom. The Morgan fingerprint density at radius 2 is 1.87 bits per heavy atom. The van der Waals surface area contributed by atoms with Gasteiger partial charge in [0.15, 0.2) is 0 Å². The van der Waals surface area contributed by atoms with E-state index >= 15 is 0 Å². The summed E-state index contributed by atoms with van der Waals surface area (Å²) in [4.78, 5) is 0. The predicted octanol–water partition coefficient (Wildman–Crippen LogP) is 2.52. The Morgan fingerprint density at radius 1 is 1.20 bits per heavy atom. The number of hydrogen-bond donors (Lipinski definition) is 1. The zero-order valence-electron chi connectivity index (χ0n) is 9.36. The lowest BCUT2D eigenvalue weighted by Crippen LogP contribution is -2.23. The van der Waals surface area contributed by atoms with Crippen LogP contribution in [0.2, 0.25) is 0 Å². The van der Waals surface area contributed by atoms with Crippen molar-refractivity contribution < 1.29 is 9.84 Å². The fraction of sp³-hybridized carbons (Fsp3) is 0.538. The standard InChI is InChI=1S/C13H18O2/c1-9-5-10(2)7-11(6-9)13-8-12(14)3-4-15-13/h5-7,12-14H,3-4,8H2,1-2H3. The highest BCUT2D eigenvalue weighted by Crippen LogP contribution is 2.29. The van der Waals surface area contributed by atoms with Crippen LogP contribution >= 0.6 is 0 Å². The normalized spacial score (nSPS) is 26.6. The number of ether oxygens (including phenoxy) is 1. The summed E-state index contributed by atoms with van der Waals surface area (Å²) in [5.41, 5.74) is 3.72. The van der Waals surface area contributed by atoms with E-state index in [0.717, 1.165) is 12.8 Å². The van der Waals surface area contributed by atoms with Gasteiger partial charge in [-0.05, 0) is 25.8 Å². The summed E-state index contributed by atoms with van der Waals surface area (Å²) in [7, 11) is 0. The SMILES string of the molecule is Cc1cc(C)cc(C2CC(O)CCO2)c1. The Hall–Kier alpha value is -0.860. The number of aryl methyl sites for hydroxylation is 2. The molecule has 2 nitrogen and oxygen atoms in total. The summed E-state index contributed by atoms with van der Waals surface area (Å²) >= 11 is 0. The number of aliphatic hydroxyl groups is 1. The molecule has 15 heavy (non-hydrogen) atoms. The molecule has 2 unspecified atom stereocenters. The van der Waals surface area contributed by atoms with E-state index in [4.69, 9.17) is 4.74 Å². The molecule has 0 bridgehead atoms. The van der Waals surface area contributed by atoms with E-state index in [-0.39, 0.29) is 12.2 Å². The van der Waals surface area contributed by atoms with Crippen molar-refractivity contribution in [2.75, 3.05) is 6.61 Å². The molecule has 0 aliphatic carbocycles. The molecular formula is C13H18O2. The lowest BCUT2D eigenvalue weighted by Gasteiger charge is -2.27. The zero-order chi connectivity index (χ0) is 10.8. The Labute approximate surface area is 90.9 Å². The first-order valence-electron chi connectivity index (χ1n) is 5.53. The van der Waals surface area contributed by atoms with Crippen molar-refractivity contribution in [3.63, 3.8) is 0 Å². The molecule has 1 aliphatic rings. The molecule has 1 N–H and O–H groups in total. The molecule has 2 heteroatoms. The maximum absolute atomic E-state index is 9.60. The van der Waals surface area contributed by atoms with Crippen molar-refractivity contribution >= 4 is 0 Å². The summed E-state index contributed by atoms with van der Waals surface area (Å²) in [6.07, 6.45) is 1.36. The number of aliphatic hydroxyl groups excluding tert-OH is 1. The Balaban J connectivity index is 2.20. The van der Waals surface area contributed by atoms with Gasteiger partial charge in [0, 0.05) is 13.0 Å². The highest BCUT2D eigenvalue weighted by molar-refractivity contribution is 5.30. The summed E-state index contributed by atoms with van der Waals surface area (Å²) in [5, 5.41) is 9.60. The van der Waals surface area contributed by atoms with E-state index in [1.807, 2.05) is 0 Å². The van der Waals surface area contributed by atoms with Crippen LogP contribution in [0, 0.1) is 13.8 Å². The van der Waals surface area contributed by atoms with Gasteiger partial charge in [-0.15, -0.1) is 0 Å². The van der Waals surface area contributed by atoms with Crippen molar-refractivity contribution in [2.45, 2.75) is 38.9 Å². The van der Waals surface area contributed by atoms with Crippen molar-refractivity contribution in [1.29, 1.82) is 0 Å². The van der Waals surface area contributed by atoms with Gasteiger partial charge in [0.25, 0.3) is 0 Å². The molecule has 0 saturated carbocycles. The summed E-state index contributed by atoms with van der Waals surface area (Å²) < 4.78 is 5.68. The zero-order valence-corrected chi connectivity index (χ0v) is 9.36. The van der Waals surface area contributed by atoms with Crippen molar-refractivity contribution in [2.24, 2.45) is 0 Å². The fourth-order valence-electron chi connectivity index (χ4n) is 2.21. The number of benzene rings is 1. The van der Waals surface area contributed by atoms with Gasteiger partial charge in [0.2, 0.25) is 0 Å². The molecule has 1 aromatic carbocycles. The van der Waals surface area contributed by atoms with Crippen LogP contribution in [0.3, 0.4) is 0 Å². The van der Waals surface area contributed by atoms with Crippen LogP contribution in [0.1, 0.15) is 35.6 Å². The van der Waals surface area contributed by atoms with E-state index in [1.165, 1.54) is 16.7 Å². The van der Waals surface area contributed by atoms with Crippen molar-refractivity contribution in [1.82, 2.24) is 0 Å². The summed E-state index contributed by atoms with van der Waals surface area (Å²) in [6, 6.07) is 6.45. The third-order valence-corrected chi connectivity index (χ3v) is 2.87. The molecule has 2 atom stereocenters. The third-order valence-electron chi connectivity index (χ3n) is 2.87. The second-order valence-corrected chi connectivity index (χ2v) is 4.46. The van der Waals surface area contributed by atoms with E-state index in [2.05, 4.69) is 32.0 Å². The highest BCUT2D eigenvalue weighted by atomic mass is 16.5. The minimum atomic E-state index is -0.204. The first-order valence-corrected chi connectivity index (χ1v) is 5.53. The maximum atomic E-state index is 9.60. The average molecular weight is 206 g/mol. The minimum Gasteiger partial charge on any atom is -0.393 e. The van der Waals surface area contributed by atoms with E-state index in [9.17, 15) is 5.11 Å². The van der Waals surface area contributed by atoms with Gasteiger partial charge >= 0.3 is 0 Å². The molecule has 1 saturated heterocycles. The molecule has 1 fully saturated rings. The fourth-order valence-corrected chi connectivity index (χ4v) is 2.21. The van der Waals surface area contributed by atoms with Gasteiger partial charge in [0.05, 0.1) is 12.2 Å². The van der Waals surface area contributed by atoms with Crippen LogP contribution in [-0.4, -0.2) is 17.8 Å². The molecular weight excluding hydrogens is 188 g/mol. The largest absolute Gasteiger partial charge is 0.393 e. The number of hydrogen-bond acceptors (Lipinski definition) is 2. The topological polar surface area (TPSA) is 29.5 Å². The second-order valence-electron chi connectivity index (χ2n) is 4.46. The van der Waals surface area contributed by atoms with Gasteiger partial charge in [0.1, 0.15) is 0 Å². The van der Waals surface area contributed by atoms with Gasteiger partial charge in [-0.25, -0.2) is 0 Å². The van der Waals surface area contributed by atoms with Crippen LogP contribution in [0.15, 0.2) is 18.2 Å². The highest BCUT2D eigenvalue weighted by Gasteiger charge is 2.22. The summed E-state index contributed by atoms with van der Waals surface area (Å²) in [5.74, 6) is 0. The second kappa shape index (κ2) is 4.33. The molecule has 0 radical (unpaired) electrons. The lowest BCUT2D eigenvalue weighted by atomic mass is 9.96. The Bertz CT molecular complexity index is 326. The van der Waals surface area contributed by atoms with Gasteiger partial charge in [-0.3, -0.25) is 0 Å². The van der Waals surface area contributed by atoms with Crippen LogP contribution in [-0.2, 0) is 4.74 Å². The van der Waals surface area contributed by atoms with Crippen LogP contribution in [0.25, 0.3) is 0 Å². The first-order chi connectivity index (χ1) is 7.15. The predicted molar refractivity (Wildman–Crippen MR) is 59.8 cm³/mol.